The lowest BCUT2D eigenvalue weighted by atomic mass is 9.70. The van der Waals surface area contributed by atoms with Crippen molar-refractivity contribution in [1.29, 1.82) is 0 Å². The van der Waals surface area contributed by atoms with E-state index >= 15 is 0 Å². The fourth-order valence-corrected chi connectivity index (χ4v) is 8.76. The molecule has 28 heavy (non-hydrogen) atoms. The topological polar surface area (TPSA) is 91.3 Å². The molecule has 3 fully saturated rings. The van der Waals surface area contributed by atoms with Gasteiger partial charge in [0, 0.05) is 11.8 Å². The molecule has 0 aromatic rings. The van der Waals surface area contributed by atoms with Gasteiger partial charge in [-0.25, -0.2) is 8.42 Å². The summed E-state index contributed by atoms with van der Waals surface area (Å²) >= 11 is 0. The molecule has 0 N–H and O–H groups in total. The Morgan fingerprint density at radius 3 is 2.11 bits per heavy atom. The number of carbonyl (C=O) groups is 2. The Hall–Kier alpha value is -0.400. The Kier molecular flexibility index (Phi) is 7.47. The van der Waals surface area contributed by atoms with Gasteiger partial charge in [0.05, 0.1) is 6.26 Å². The zero-order valence-corrected chi connectivity index (χ0v) is 19.6. The third kappa shape index (κ3) is 4.51. The van der Waals surface area contributed by atoms with E-state index in [2.05, 4.69) is 6.26 Å². The second-order valence-corrected chi connectivity index (χ2v) is 13.3. The molecule has 7 heteroatoms. The number of rotatable bonds is 5. The zero-order valence-electron chi connectivity index (χ0n) is 18.0. The van der Waals surface area contributed by atoms with Crippen LogP contribution in [-0.4, -0.2) is 47.0 Å². The van der Waals surface area contributed by atoms with Crippen molar-refractivity contribution in [3.63, 3.8) is 0 Å². The molecule has 3 rings (SSSR count). The van der Waals surface area contributed by atoms with E-state index in [1.165, 1.54) is 32.1 Å². The third-order valence-corrected chi connectivity index (χ3v) is 11.2. The smallest absolute Gasteiger partial charge is 0.181 e. The van der Waals surface area contributed by atoms with Gasteiger partial charge in [-0.2, -0.15) is 0 Å². The van der Waals surface area contributed by atoms with Gasteiger partial charge in [0.1, 0.15) is 20.6 Å². The summed E-state index contributed by atoms with van der Waals surface area (Å²) in [4.78, 5) is 23.2. The molecule has 0 saturated heterocycles. The van der Waals surface area contributed by atoms with Gasteiger partial charge in [0.25, 0.3) is 0 Å². The lowest BCUT2D eigenvalue weighted by Gasteiger charge is -2.32. The molecule has 162 valence electrons. The summed E-state index contributed by atoms with van der Waals surface area (Å²) in [5.41, 5.74) is -0.994. The minimum absolute atomic E-state index is 0.294. The van der Waals surface area contributed by atoms with Crippen LogP contribution in [0.3, 0.4) is 0 Å². The first-order valence-corrected chi connectivity index (χ1v) is 13.8. The van der Waals surface area contributed by atoms with Gasteiger partial charge in [0.15, 0.2) is 17.3 Å². The van der Waals surface area contributed by atoms with Crippen molar-refractivity contribution < 1.29 is 22.6 Å². The lowest BCUT2D eigenvalue weighted by molar-refractivity contribution is -0.128. The van der Waals surface area contributed by atoms with E-state index < -0.39 is 20.8 Å². The van der Waals surface area contributed by atoms with E-state index in [-0.39, 0.29) is 17.1 Å². The van der Waals surface area contributed by atoms with Gasteiger partial charge in [-0.05, 0) is 60.8 Å². The molecule has 0 heterocycles. The minimum Gasteiger partial charge on any atom is -0.747 e. The first kappa shape index (κ1) is 23.9. The Morgan fingerprint density at radius 1 is 1.14 bits per heavy atom. The van der Waals surface area contributed by atoms with Crippen molar-refractivity contribution in [3.05, 3.63) is 0 Å². The normalized spacial score (nSPS) is 33.3. The summed E-state index contributed by atoms with van der Waals surface area (Å²) in [7, 11) is -4.13. The van der Waals surface area contributed by atoms with E-state index in [9.17, 15) is 22.6 Å². The maximum absolute atomic E-state index is 12.0. The van der Waals surface area contributed by atoms with Crippen molar-refractivity contribution in [1.82, 2.24) is 0 Å². The minimum atomic E-state index is -4.49. The van der Waals surface area contributed by atoms with Crippen LogP contribution in [0.2, 0.25) is 0 Å². The summed E-state index contributed by atoms with van der Waals surface area (Å²) in [6.45, 7) is 7.56. The van der Waals surface area contributed by atoms with Crippen LogP contribution in [-0.2, 0) is 30.6 Å². The first-order valence-electron chi connectivity index (χ1n) is 10.5. The van der Waals surface area contributed by atoms with E-state index in [1.807, 2.05) is 20.8 Å². The van der Waals surface area contributed by atoms with Gasteiger partial charge in [-0.1, -0.05) is 34.1 Å². The maximum atomic E-state index is 12.0. The summed E-state index contributed by atoms with van der Waals surface area (Å²) in [5.74, 6) is 0.647. The number of fused-ring (bicyclic) bond motifs is 2. The van der Waals surface area contributed by atoms with Crippen LogP contribution in [0.5, 0.6) is 0 Å². The molecule has 0 radical (unpaired) electrons. The Bertz CT molecular complexity index is 694. The van der Waals surface area contributed by atoms with Crippen LogP contribution in [0.15, 0.2) is 0 Å². The highest BCUT2D eigenvalue weighted by Gasteiger charge is 2.67. The van der Waals surface area contributed by atoms with Gasteiger partial charge < -0.3 is 4.55 Å². The van der Waals surface area contributed by atoms with Crippen LogP contribution < -0.4 is 0 Å². The van der Waals surface area contributed by atoms with Crippen LogP contribution in [0.25, 0.3) is 0 Å². The molecule has 0 spiro atoms. The highest BCUT2D eigenvalue weighted by atomic mass is 32.2. The number of hydrogen-bond donors (Lipinski definition) is 0. The van der Waals surface area contributed by atoms with Crippen molar-refractivity contribution >= 4 is 32.6 Å². The van der Waals surface area contributed by atoms with Gasteiger partial charge >= 0.3 is 0 Å². The predicted octanol–water partition coefficient (Wildman–Crippen LogP) is 3.47. The Morgan fingerprint density at radius 2 is 1.71 bits per heavy atom. The van der Waals surface area contributed by atoms with E-state index in [0.29, 0.717) is 29.5 Å². The van der Waals surface area contributed by atoms with Gasteiger partial charge in [-0.15, -0.1) is 0 Å². The lowest BCUT2D eigenvalue weighted by Crippen LogP contribution is -2.38. The Labute approximate surface area is 173 Å². The quantitative estimate of drug-likeness (QED) is 0.490. The van der Waals surface area contributed by atoms with Crippen LogP contribution in [0.4, 0.5) is 0 Å². The molecule has 0 aliphatic heterocycles. The molecule has 3 aliphatic rings. The second-order valence-electron chi connectivity index (χ2n) is 9.46. The van der Waals surface area contributed by atoms with Gasteiger partial charge in [-0.3, -0.25) is 9.59 Å². The molecule has 4 atom stereocenters. The van der Waals surface area contributed by atoms with Gasteiger partial charge in [0.2, 0.25) is 0 Å². The number of ketones is 2. The van der Waals surface area contributed by atoms with Crippen molar-refractivity contribution in [2.75, 3.05) is 12.0 Å². The fourth-order valence-electron chi connectivity index (χ4n) is 5.28. The highest BCUT2D eigenvalue weighted by molar-refractivity contribution is 7.97. The molecular weight excluding hydrogens is 396 g/mol. The fraction of sp³-hybridized carbons (Fsp3) is 0.905. The maximum Gasteiger partial charge on any atom is 0.181 e. The number of hydrogen-bond acceptors (Lipinski definition) is 5. The molecule has 4 unspecified atom stereocenters. The SMILES string of the molecule is CC12CCC(C(S(=O)(=O)[O-])C1=O)C2(C)C.CCC(=O)C[S+](C)C1CCCCC1. The summed E-state index contributed by atoms with van der Waals surface area (Å²) in [6, 6.07) is 0. The number of carbonyl (C=O) groups excluding carboxylic acids is 2. The van der Waals surface area contributed by atoms with Crippen molar-refractivity contribution in [2.24, 2.45) is 16.7 Å². The van der Waals surface area contributed by atoms with E-state index in [1.54, 1.807) is 6.92 Å². The summed E-state index contributed by atoms with van der Waals surface area (Å²) < 4.78 is 33.3. The molecular formula is C21H36O5S2. The van der Waals surface area contributed by atoms with Crippen LogP contribution >= 0.6 is 0 Å². The van der Waals surface area contributed by atoms with Crippen molar-refractivity contribution in [3.8, 4) is 0 Å². The van der Waals surface area contributed by atoms with Crippen LogP contribution in [0, 0.1) is 16.7 Å². The predicted molar refractivity (Wildman–Crippen MR) is 113 cm³/mol. The largest absolute Gasteiger partial charge is 0.747 e. The van der Waals surface area contributed by atoms with Crippen LogP contribution in [0.1, 0.15) is 79.1 Å². The summed E-state index contributed by atoms with van der Waals surface area (Å²) in [5, 5.41) is -0.435. The second kappa shape index (κ2) is 8.76. The molecule has 2 bridgehead atoms. The standard InChI is InChI=1S/C11H21OS.C10H16O4S/c1-3-10(12)9-13(2)11-7-5-4-6-8-11;1-9(2)6-4-5-10(9,3)8(11)7(6)15(12,13)14/h11H,3-9H2,1-2H3;6-7H,4-5H2,1-3H3,(H,12,13,14)/q+1;/p-1. The first-order chi connectivity index (χ1) is 12.9. The molecule has 0 amide bonds. The monoisotopic (exact) mass is 432 g/mol. The molecule has 0 aromatic heterocycles. The summed E-state index contributed by atoms with van der Waals surface area (Å²) in [6.07, 6.45) is 11.3. The van der Waals surface area contributed by atoms with E-state index in [0.717, 1.165) is 17.4 Å². The highest BCUT2D eigenvalue weighted by Crippen LogP contribution is 2.64. The number of Topliss-reactive ketones (excluding diaryl/α,β-unsaturated/α-hetero) is 2. The molecule has 3 aliphatic carbocycles. The molecule has 3 saturated carbocycles. The third-order valence-electron chi connectivity index (χ3n) is 7.69. The average molecular weight is 433 g/mol. The van der Waals surface area contributed by atoms with Crippen molar-refractivity contribution in [2.45, 2.75) is 89.6 Å². The van der Waals surface area contributed by atoms with E-state index in [4.69, 9.17) is 0 Å². The molecule has 0 aromatic carbocycles. The Balaban J connectivity index is 0.000000203. The molecule has 5 nitrogen and oxygen atoms in total. The average Bonchev–Trinajstić information content (AvgIpc) is 2.94. The zero-order chi connectivity index (χ0) is 21.3.